The van der Waals surface area contributed by atoms with E-state index in [1.165, 1.54) is 6.07 Å². The Hall–Kier alpha value is -1.69. The molecule has 0 amide bonds. The van der Waals surface area contributed by atoms with E-state index >= 15 is 0 Å². The number of rotatable bonds is 4. The van der Waals surface area contributed by atoms with E-state index in [1.54, 1.807) is 6.07 Å². The summed E-state index contributed by atoms with van der Waals surface area (Å²) in [5, 5.41) is 17.2. The number of anilines is 1. The van der Waals surface area contributed by atoms with E-state index in [2.05, 4.69) is 15.6 Å². The molecule has 2 N–H and O–H groups in total. The topological polar surface area (TPSA) is 80.1 Å². The Morgan fingerprint density at radius 2 is 2.47 bits per heavy atom. The molecule has 1 aromatic rings. The summed E-state index contributed by atoms with van der Waals surface area (Å²) in [5.74, 6) is 0.902. The number of hydrogen-bond acceptors (Lipinski definition) is 5. The summed E-state index contributed by atoms with van der Waals surface area (Å²) in [4.78, 5) is 14.6. The monoisotopic (exact) mass is 236 g/mol. The molecule has 0 spiro atoms. The first-order chi connectivity index (χ1) is 8.16. The van der Waals surface area contributed by atoms with Gasteiger partial charge in [-0.15, -0.1) is 0 Å². The third-order valence-corrected chi connectivity index (χ3v) is 2.93. The van der Waals surface area contributed by atoms with Crippen molar-refractivity contribution in [3.8, 4) is 0 Å². The van der Waals surface area contributed by atoms with Gasteiger partial charge in [0.2, 0.25) is 5.82 Å². The zero-order valence-corrected chi connectivity index (χ0v) is 9.77. The second-order valence-corrected chi connectivity index (χ2v) is 4.32. The average molecular weight is 236 g/mol. The lowest BCUT2D eigenvalue weighted by atomic mass is 10.1. The Morgan fingerprint density at radius 3 is 3.12 bits per heavy atom. The molecule has 6 nitrogen and oxygen atoms in total. The van der Waals surface area contributed by atoms with Gasteiger partial charge in [-0.2, -0.15) is 0 Å². The molecule has 0 aliphatic carbocycles. The van der Waals surface area contributed by atoms with Crippen molar-refractivity contribution < 1.29 is 4.92 Å². The van der Waals surface area contributed by atoms with Crippen molar-refractivity contribution in [1.29, 1.82) is 0 Å². The van der Waals surface area contributed by atoms with Crippen LogP contribution in [0, 0.1) is 23.0 Å². The van der Waals surface area contributed by atoms with Crippen LogP contribution in [0.1, 0.15) is 12.1 Å². The van der Waals surface area contributed by atoms with Gasteiger partial charge in [0.15, 0.2) is 0 Å². The first kappa shape index (κ1) is 11.8. The minimum Gasteiger partial charge on any atom is -0.364 e. The van der Waals surface area contributed by atoms with Gasteiger partial charge in [0.25, 0.3) is 0 Å². The molecule has 1 aromatic heterocycles. The smallest absolute Gasteiger partial charge is 0.311 e. The van der Waals surface area contributed by atoms with Gasteiger partial charge in [-0.1, -0.05) is 0 Å². The molecule has 1 atom stereocenters. The van der Waals surface area contributed by atoms with E-state index < -0.39 is 4.92 Å². The molecule has 0 radical (unpaired) electrons. The maximum atomic E-state index is 10.8. The normalized spacial score (nSPS) is 19.2. The number of pyridine rings is 1. The second kappa shape index (κ2) is 5.09. The molecule has 0 bridgehead atoms. The van der Waals surface area contributed by atoms with Crippen LogP contribution in [0.4, 0.5) is 11.5 Å². The third kappa shape index (κ3) is 2.91. The van der Waals surface area contributed by atoms with Crippen molar-refractivity contribution >= 4 is 11.5 Å². The lowest BCUT2D eigenvalue weighted by Gasteiger charge is -2.11. The molecule has 1 saturated heterocycles. The summed E-state index contributed by atoms with van der Waals surface area (Å²) in [6.45, 7) is 4.54. The lowest BCUT2D eigenvalue weighted by Crippen LogP contribution is -2.18. The number of aryl methyl sites for hydroxylation is 1. The van der Waals surface area contributed by atoms with E-state index in [0.717, 1.165) is 31.7 Å². The molecule has 2 rings (SSSR count). The van der Waals surface area contributed by atoms with Crippen LogP contribution in [0.3, 0.4) is 0 Å². The molecule has 17 heavy (non-hydrogen) atoms. The number of nitrogens with zero attached hydrogens (tertiary/aromatic N) is 2. The molecule has 1 unspecified atom stereocenters. The molecule has 1 aliphatic rings. The van der Waals surface area contributed by atoms with Crippen LogP contribution >= 0.6 is 0 Å². The molecule has 1 fully saturated rings. The van der Waals surface area contributed by atoms with E-state index in [1.807, 2.05) is 6.92 Å². The van der Waals surface area contributed by atoms with Crippen LogP contribution in [0.2, 0.25) is 0 Å². The second-order valence-electron chi connectivity index (χ2n) is 4.32. The summed E-state index contributed by atoms with van der Waals surface area (Å²) in [5.41, 5.74) is 0.823. The highest BCUT2D eigenvalue weighted by atomic mass is 16.6. The fourth-order valence-corrected chi connectivity index (χ4v) is 1.96. The van der Waals surface area contributed by atoms with Gasteiger partial charge < -0.3 is 10.6 Å². The maximum absolute atomic E-state index is 10.8. The van der Waals surface area contributed by atoms with Crippen molar-refractivity contribution in [3.63, 3.8) is 0 Å². The standard InChI is InChI=1S/C11H16N4O2/c1-8-2-3-10(15(16)17)11(14-8)13-7-9-4-5-12-6-9/h2-3,9,12H,4-7H2,1H3,(H,13,14). The van der Waals surface area contributed by atoms with Crippen LogP contribution in [-0.2, 0) is 0 Å². The van der Waals surface area contributed by atoms with E-state index in [0.29, 0.717) is 11.7 Å². The molecule has 92 valence electrons. The summed E-state index contributed by atoms with van der Waals surface area (Å²) in [7, 11) is 0. The summed E-state index contributed by atoms with van der Waals surface area (Å²) < 4.78 is 0. The number of nitro groups is 1. The molecule has 0 aromatic carbocycles. The van der Waals surface area contributed by atoms with Crippen molar-refractivity contribution in [2.75, 3.05) is 25.0 Å². The van der Waals surface area contributed by atoms with Gasteiger partial charge in [0.05, 0.1) is 4.92 Å². The van der Waals surface area contributed by atoms with Gasteiger partial charge in [0.1, 0.15) is 0 Å². The Balaban J connectivity index is 2.07. The highest BCUT2D eigenvalue weighted by molar-refractivity contribution is 5.56. The van der Waals surface area contributed by atoms with Gasteiger partial charge in [-0.05, 0) is 38.4 Å². The summed E-state index contributed by atoms with van der Waals surface area (Å²) in [6.07, 6.45) is 1.10. The van der Waals surface area contributed by atoms with E-state index in [4.69, 9.17) is 0 Å². The average Bonchev–Trinajstić information content (AvgIpc) is 2.78. The van der Waals surface area contributed by atoms with Crippen LogP contribution in [0.5, 0.6) is 0 Å². The lowest BCUT2D eigenvalue weighted by molar-refractivity contribution is -0.384. The zero-order chi connectivity index (χ0) is 12.3. The fourth-order valence-electron chi connectivity index (χ4n) is 1.96. The molecular weight excluding hydrogens is 220 g/mol. The van der Waals surface area contributed by atoms with Gasteiger partial charge >= 0.3 is 5.69 Å². The van der Waals surface area contributed by atoms with Crippen molar-refractivity contribution in [2.45, 2.75) is 13.3 Å². The Bertz CT molecular complexity index is 416. The van der Waals surface area contributed by atoms with Crippen LogP contribution < -0.4 is 10.6 Å². The third-order valence-electron chi connectivity index (χ3n) is 2.93. The van der Waals surface area contributed by atoms with Gasteiger partial charge in [0, 0.05) is 18.3 Å². The van der Waals surface area contributed by atoms with Gasteiger partial charge in [-0.25, -0.2) is 4.98 Å². The van der Waals surface area contributed by atoms with Crippen molar-refractivity contribution in [3.05, 3.63) is 27.9 Å². The largest absolute Gasteiger partial charge is 0.364 e. The molecule has 0 saturated carbocycles. The molecule has 6 heteroatoms. The predicted octanol–water partition coefficient (Wildman–Crippen LogP) is 1.32. The molecule has 1 aliphatic heterocycles. The van der Waals surface area contributed by atoms with Crippen LogP contribution in [-0.4, -0.2) is 29.5 Å². The molecule has 2 heterocycles. The van der Waals surface area contributed by atoms with Gasteiger partial charge in [-0.3, -0.25) is 10.1 Å². The minimum absolute atomic E-state index is 0.0431. The van der Waals surface area contributed by atoms with E-state index in [-0.39, 0.29) is 5.69 Å². The molecular formula is C11H16N4O2. The summed E-state index contributed by atoms with van der Waals surface area (Å²) in [6, 6.07) is 3.15. The van der Waals surface area contributed by atoms with Crippen LogP contribution in [0.15, 0.2) is 12.1 Å². The predicted molar refractivity (Wildman–Crippen MR) is 65.1 cm³/mol. The summed E-state index contributed by atoms with van der Waals surface area (Å²) >= 11 is 0. The Labute approximate surface area is 99.6 Å². The zero-order valence-electron chi connectivity index (χ0n) is 9.77. The number of hydrogen-bond donors (Lipinski definition) is 2. The number of aromatic nitrogens is 1. The Morgan fingerprint density at radius 1 is 1.65 bits per heavy atom. The van der Waals surface area contributed by atoms with Crippen molar-refractivity contribution in [2.24, 2.45) is 5.92 Å². The van der Waals surface area contributed by atoms with Crippen molar-refractivity contribution in [1.82, 2.24) is 10.3 Å². The first-order valence-corrected chi connectivity index (χ1v) is 5.73. The fraction of sp³-hybridized carbons (Fsp3) is 0.545. The van der Waals surface area contributed by atoms with Crippen LogP contribution in [0.25, 0.3) is 0 Å². The number of nitrogens with one attached hydrogen (secondary N) is 2. The minimum atomic E-state index is -0.401. The maximum Gasteiger partial charge on any atom is 0.311 e. The first-order valence-electron chi connectivity index (χ1n) is 5.73. The highest BCUT2D eigenvalue weighted by Crippen LogP contribution is 2.22. The van der Waals surface area contributed by atoms with E-state index in [9.17, 15) is 10.1 Å². The highest BCUT2D eigenvalue weighted by Gasteiger charge is 2.18. The quantitative estimate of drug-likeness (QED) is 0.608. The Kier molecular flexibility index (Phi) is 3.53. The SMILES string of the molecule is Cc1ccc([N+](=O)[O-])c(NCC2CCNC2)n1.